The number of benzene rings is 1. The maximum atomic E-state index is 6.46. The summed E-state index contributed by atoms with van der Waals surface area (Å²) in [5, 5.41) is 0. The molecule has 1 heterocycles. The zero-order valence-electron chi connectivity index (χ0n) is 12.2. The fourth-order valence-electron chi connectivity index (χ4n) is 2.24. The van der Waals surface area contributed by atoms with Gasteiger partial charge in [-0.15, -0.1) is 11.3 Å². The van der Waals surface area contributed by atoms with Crippen molar-refractivity contribution >= 4 is 11.3 Å². The first-order valence-electron chi connectivity index (χ1n) is 6.87. The van der Waals surface area contributed by atoms with Gasteiger partial charge in [-0.05, 0) is 35.1 Å². The second-order valence-corrected chi connectivity index (χ2v) is 7.10. The number of hydrogen-bond acceptors (Lipinski definition) is 2. The molecule has 1 aromatic heterocycles. The number of thiophene rings is 1. The molecule has 0 saturated heterocycles. The minimum atomic E-state index is -0.00255. The van der Waals surface area contributed by atoms with Crippen LogP contribution in [-0.2, 0) is 11.8 Å². The lowest BCUT2D eigenvalue weighted by molar-refractivity contribution is 0.604. The van der Waals surface area contributed by atoms with Gasteiger partial charge in [0.2, 0.25) is 0 Å². The summed E-state index contributed by atoms with van der Waals surface area (Å²) < 4.78 is 0. The summed E-state index contributed by atoms with van der Waals surface area (Å²) in [4.78, 5) is 2.65. The average molecular weight is 273 g/mol. The van der Waals surface area contributed by atoms with Crippen molar-refractivity contribution in [1.82, 2.24) is 0 Å². The summed E-state index contributed by atoms with van der Waals surface area (Å²) in [5.74, 6) is 0. The molecule has 1 unspecified atom stereocenters. The van der Waals surface area contributed by atoms with Crippen LogP contribution in [-0.4, -0.2) is 0 Å². The van der Waals surface area contributed by atoms with E-state index in [0.29, 0.717) is 0 Å². The van der Waals surface area contributed by atoms with E-state index in [2.05, 4.69) is 64.1 Å². The van der Waals surface area contributed by atoms with Crippen LogP contribution in [0.3, 0.4) is 0 Å². The summed E-state index contributed by atoms with van der Waals surface area (Å²) in [6, 6.07) is 12.9. The third kappa shape index (κ3) is 3.07. The Balaban J connectivity index is 2.34. The largest absolute Gasteiger partial charge is 0.320 e. The molecule has 0 amide bonds. The van der Waals surface area contributed by atoms with Crippen LogP contribution < -0.4 is 5.73 Å². The Morgan fingerprint density at radius 2 is 1.79 bits per heavy atom. The molecule has 0 aliphatic rings. The van der Waals surface area contributed by atoms with Crippen LogP contribution in [0.1, 0.15) is 54.6 Å². The Hall–Kier alpha value is -1.12. The van der Waals surface area contributed by atoms with Crippen molar-refractivity contribution < 1.29 is 0 Å². The van der Waals surface area contributed by atoms with Crippen LogP contribution in [0.5, 0.6) is 0 Å². The maximum absolute atomic E-state index is 6.46. The van der Waals surface area contributed by atoms with Gasteiger partial charge in [-0.1, -0.05) is 52.0 Å². The van der Waals surface area contributed by atoms with E-state index in [-0.39, 0.29) is 11.5 Å². The van der Waals surface area contributed by atoms with Crippen molar-refractivity contribution in [3.8, 4) is 0 Å². The molecule has 19 heavy (non-hydrogen) atoms. The van der Waals surface area contributed by atoms with Crippen molar-refractivity contribution in [2.75, 3.05) is 0 Å². The lowest BCUT2D eigenvalue weighted by atomic mass is 9.94. The van der Waals surface area contributed by atoms with Crippen LogP contribution in [0.25, 0.3) is 0 Å². The van der Waals surface area contributed by atoms with Gasteiger partial charge in [0.25, 0.3) is 0 Å². The second kappa shape index (κ2) is 5.48. The van der Waals surface area contributed by atoms with Crippen LogP contribution in [0, 0.1) is 0 Å². The van der Waals surface area contributed by atoms with E-state index in [1.165, 1.54) is 20.9 Å². The van der Waals surface area contributed by atoms with E-state index in [1.807, 2.05) is 11.3 Å². The standard InChI is InChI=1S/C17H23NS/c1-5-12-8-6-7-9-13(12)16(18)14-10-11-15(19-14)17(2,3)4/h6-11,16H,5,18H2,1-4H3. The zero-order valence-corrected chi connectivity index (χ0v) is 13.1. The first kappa shape index (κ1) is 14.3. The number of nitrogens with two attached hydrogens (primary N) is 1. The molecule has 0 saturated carbocycles. The Kier molecular flexibility index (Phi) is 4.12. The van der Waals surface area contributed by atoms with Crippen LogP contribution in [0.2, 0.25) is 0 Å². The average Bonchev–Trinajstić information content (AvgIpc) is 2.87. The predicted molar refractivity (Wildman–Crippen MR) is 84.9 cm³/mol. The van der Waals surface area contributed by atoms with E-state index in [4.69, 9.17) is 5.73 Å². The normalized spacial score (nSPS) is 13.5. The van der Waals surface area contributed by atoms with E-state index < -0.39 is 0 Å². The monoisotopic (exact) mass is 273 g/mol. The molecule has 2 N–H and O–H groups in total. The van der Waals surface area contributed by atoms with Crippen molar-refractivity contribution in [3.05, 3.63) is 57.3 Å². The van der Waals surface area contributed by atoms with E-state index in [1.54, 1.807) is 0 Å². The van der Waals surface area contributed by atoms with Crippen molar-refractivity contribution in [3.63, 3.8) is 0 Å². The summed E-state index contributed by atoms with van der Waals surface area (Å²) in [7, 11) is 0. The highest BCUT2D eigenvalue weighted by molar-refractivity contribution is 7.12. The third-order valence-corrected chi connectivity index (χ3v) is 5.04. The summed E-state index contributed by atoms with van der Waals surface area (Å²) >= 11 is 1.84. The topological polar surface area (TPSA) is 26.0 Å². The molecule has 2 heteroatoms. The molecule has 0 spiro atoms. The SMILES string of the molecule is CCc1ccccc1C(N)c1ccc(C(C)(C)C)s1. The van der Waals surface area contributed by atoms with E-state index in [0.717, 1.165) is 6.42 Å². The van der Waals surface area contributed by atoms with Gasteiger partial charge in [0, 0.05) is 9.75 Å². The molecule has 2 rings (SSSR count). The van der Waals surface area contributed by atoms with Gasteiger partial charge in [-0.3, -0.25) is 0 Å². The Morgan fingerprint density at radius 3 is 2.37 bits per heavy atom. The van der Waals surface area contributed by atoms with E-state index >= 15 is 0 Å². The summed E-state index contributed by atoms with van der Waals surface area (Å²) in [5.41, 5.74) is 9.27. The second-order valence-electron chi connectivity index (χ2n) is 5.98. The highest BCUT2D eigenvalue weighted by Gasteiger charge is 2.19. The van der Waals surface area contributed by atoms with Crippen LogP contribution in [0.15, 0.2) is 36.4 Å². The Morgan fingerprint density at radius 1 is 1.11 bits per heavy atom. The third-order valence-electron chi connectivity index (χ3n) is 3.44. The van der Waals surface area contributed by atoms with Crippen molar-refractivity contribution in [2.24, 2.45) is 5.73 Å². The first-order valence-corrected chi connectivity index (χ1v) is 7.68. The molecule has 1 aromatic carbocycles. The minimum Gasteiger partial charge on any atom is -0.320 e. The molecule has 1 nitrogen and oxygen atoms in total. The van der Waals surface area contributed by atoms with Gasteiger partial charge in [-0.25, -0.2) is 0 Å². The fraction of sp³-hybridized carbons (Fsp3) is 0.412. The fourth-order valence-corrected chi connectivity index (χ4v) is 3.32. The smallest absolute Gasteiger partial charge is 0.0648 e. The quantitative estimate of drug-likeness (QED) is 0.865. The van der Waals surface area contributed by atoms with Gasteiger partial charge < -0.3 is 5.73 Å². The Labute approximate surface area is 120 Å². The highest BCUT2D eigenvalue weighted by atomic mass is 32.1. The van der Waals surface area contributed by atoms with E-state index in [9.17, 15) is 0 Å². The lowest BCUT2D eigenvalue weighted by Crippen LogP contribution is -2.12. The summed E-state index contributed by atoms with van der Waals surface area (Å²) in [6.45, 7) is 8.91. The molecule has 0 aliphatic heterocycles. The maximum Gasteiger partial charge on any atom is 0.0648 e. The van der Waals surface area contributed by atoms with Gasteiger partial charge in [-0.2, -0.15) is 0 Å². The zero-order chi connectivity index (χ0) is 14.0. The number of hydrogen-bond donors (Lipinski definition) is 1. The Bertz CT molecular complexity index is 548. The highest BCUT2D eigenvalue weighted by Crippen LogP contribution is 2.34. The number of rotatable bonds is 3. The van der Waals surface area contributed by atoms with Gasteiger partial charge >= 0.3 is 0 Å². The number of aryl methyl sites for hydroxylation is 1. The van der Waals surface area contributed by atoms with Crippen LogP contribution >= 0.6 is 11.3 Å². The first-order chi connectivity index (χ1) is 8.93. The molecular weight excluding hydrogens is 250 g/mol. The molecule has 0 bridgehead atoms. The molecule has 2 aromatic rings. The van der Waals surface area contributed by atoms with Gasteiger partial charge in [0.05, 0.1) is 6.04 Å². The molecule has 0 fully saturated rings. The summed E-state index contributed by atoms with van der Waals surface area (Å²) in [6.07, 6.45) is 1.03. The molecular formula is C17H23NS. The lowest BCUT2D eigenvalue weighted by Gasteiger charge is -2.17. The van der Waals surface area contributed by atoms with Crippen molar-refractivity contribution in [2.45, 2.75) is 45.6 Å². The van der Waals surface area contributed by atoms with Gasteiger partial charge in [0.15, 0.2) is 0 Å². The minimum absolute atomic E-state index is 0.00255. The molecule has 1 atom stereocenters. The van der Waals surface area contributed by atoms with Gasteiger partial charge in [0.1, 0.15) is 0 Å². The van der Waals surface area contributed by atoms with Crippen molar-refractivity contribution in [1.29, 1.82) is 0 Å². The van der Waals surface area contributed by atoms with Crippen LogP contribution in [0.4, 0.5) is 0 Å². The molecule has 0 radical (unpaired) electrons. The predicted octanol–water partition coefficient (Wildman–Crippen LogP) is 4.66. The molecule has 102 valence electrons. The molecule has 0 aliphatic carbocycles.